The molecule has 1 aromatic heterocycles. The SMILES string of the molecule is CCOc1cc(C(=S)NCc2ccco2)ccc1OCc1ccc(Cl)c(Cl)c1. The van der Waals surface area contributed by atoms with E-state index in [2.05, 4.69) is 5.32 Å². The summed E-state index contributed by atoms with van der Waals surface area (Å²) < 4.78 is 17.0. The Morgan fingerprint density at radius 1 is 1.04 bits per heavy atom. The van der Waals surface area contributed by atoms with Crippen molar-refractivity contribution in [3.63, 3.8) is 0 Å². The van der Waals surface area contributed by atoms with E-state index in [9.17, 15) is 0 Å². The number of hydrogen-bond donors (Lipinski definition) is 1. The van der Waals surface area contributed by atoms with E-state index in [1.165, 1.54) is 0 Å². The molecule has 0 amide bonds. The second-order valence-corrected chi connectivity index (χ2v) is 7.12. The molecule has 4 nitrogen and oxygen atoms in total. The van der Waals surface area contributed by atoms with Crippen LogP contribution in [0.15, 0.2) is 59.2 Å². The highest BCUT2D eigenvalue weighted by molar-refractivity contribution is 7.80. The van der Waals surface area contributed by atoms with Crippen LogP contribution in [0.25, 0.3) is 0 Å². The molecule has 1 N–H and O–H groups in total. The second kappa shape index (κ2) is 9.82. The molecule has 0 saturated heterocycles. The van der Waals surface area contributed by atoms with Gasteiger partial charge in [-0.3, -0.25) is 0 Å². The molecule has 28 heavy (non-hydrogen) atoms. The Labute approximate surface area is 179 Å². The van der Waals surface area contributed by atoms with Gasteiger partial charge in [-0.25, -0.2) is 0 Å². The molecule has 3 rings (SSSR count). The summed E-state index contributed by atoms with van der Waals surface area (Å²) in [5.41, 5.74) is 1.75. The molecular formula is C21H19Cl2NO3S. The molecule has 0 aliphatic heterocycles. The van der Waals surface area contributed by atoms with E-state index in [1.54, 1.807) is 18.4 Å². The van der Waals surface area contributed by atoms with Gasteiger partial charge in [0.1, 0.15) is 17.4 Å². The van der Waals surface area contributed by atoms with Gasteiger partial charge in [0, 0.05) is 5.56 Å². The van der Waals surface area contributed by atoms with Crippen molar-refractivity contribution >= 4 is 40.4 Å². The van der Waals surface area contributed by atoms with E-state index in [0.717, 1.165) is 16.9 Å². The third-order valence-corrected chi connectivity index (χ3v) is 5.01. The Balaban J connectivity index is 1.69. The van der Waals surface area contributed by atoms with Crippen molar-refractivity contribution in [2.75, 3.05) is 6.61 Å². The lowest BCUT2D eigenvalue weighted by Crippen LogP contribution is -2.21. The zero-order chi connectivity index (χ0) is 19.9. The lowest BCUT2D eigenvalue weighted by Gasteiger charge is -2.14. The van der Waals surface area contributed by atoms with Gasteiger partial charge < -0.3 is 19.2 Å². The molecule has 0 spiro atoms. The van der Waals surface area contributed by atoms with Crippen molar-refractivity contribution in [2.24, 2.45) is 0 Å². The number of halogens is 2. The number of rotatable bonds is 8. The summed E-state index contributed by atoms with van der Waals surface area (Å²) in [6, 6.07) is 14.7. The van der Waals surface area contributed by atoms with Crippen molar-refractivity contribution < 1.29 is 13.9 Å². The maximum atomic E-state index is 6.06. The average molecular weight is 436 g/mol. The highest BCUT2D eigenvalue weighted by atomic mass is 35.5. The fourth-order valence-electron chi connectivity index (χ4n) is 2.51. The Bertz CT molecular complexity index is 945. The largest absolute Gasteiger partial charge is 0.490 e. The molecule has 1 heterocycles. The van der Waals surface area contributed by atoms with Crippen LogP contribution in [0.5, 0.6) is 11.5 Å². The maximum Gasteiger partial charge on any atom is 0.161 e. The summed E-state index contributed by atoms with van der Waals surface area (Å²) in [5.74, 6) is 2.07. The lowest BCUT2D eigenvalue weighted by atomic mass is 10.2. The molecule has 0 aliphatic rings. The fourth-order valence-corrected chi connectivity index (χ4v) is 3.03. The van der Waals surface area contributed by atoms with Crippen LogP contribution in [0.2, 0.25) is 10.0 Å². The smallest absolute Gasteiger partial charge is 0.161 e. The zero-order valence-corrected chi connectivity index (χ0v) is 17.5. The van der Waals surface area contributed by atoms with Crippen molar-refractivity contribution in [2.45, 2.75) is 20.1 Å². The number of furan rings is 1. The number of ether oxygens (including phenoxy) is 2. The van der Waals surface area contributed by atoms with Crippen molar-refractivity contribution in [1.82, 2.24) is 5.32 Å². The molecule has 0 radical (unpaired) electrons. The topological polar surface area (TPSA) is 43.6 Å². The Hall–Kier alpha value is -2.21. The van der Waals surface area contributed by atoms with Gasteiger partial charge in [-0.2, -0.15) is 0 Å². The molecule has 0 bridgehead atoms. The molecule has 3 aromatic rings. The zero-order valence-electron chi connectivity index (χ0n) is 15.2. The molecule has 0 unspecified atom stereocenters. The number of benzene rings is 2. The molecule has 7 heteroatoms. The minimum Gasteiger partial charge on any atom is -0.490 e. The van der Waals surface area contributed by atoms with Gasteiger partial charge in [-0.1, -0.05) is 41.5 Å². The quantitative estimate of drug-likeness (QED) is 0.437. The summed E-state index contributed by atoms with van der Waals surface area (Å²) in [4.78, 5) is 0.605. The average Bonchev–Trinajstić information content (AvgIpc) is 3.21. The number of thiocarbonyl (C=S) groups is 1. The first-order chi connectivity index (χ1) is 13.6. The highest BCUT2D eigenvalue weighted by Crippen LogP contribution is 2.30. The summed E-state index contributed by atoms with van der Waals surface area (Å²) in [5, 5.41) is 4.18. The van der Waals surface area contributed by atoms with E-state index in [1.807, 2.05) is 43.3 Å². The van der Waals surface area contributed by atoms with E-state index in [0.29, 0.717) is 46.3 Å². The highest BCUT2D eigenvalue weighted by Gasteiger charge is 2.11. The van der Waals surface area contributed by atoms with Crippen LogP contribution in [0.4, 0.5) is 0 Å². The Morgan fingerprint density at radius 2 is 1.89 bits per heavy atom. The first kappa shape index (κ1) is 20.5. The third kappa shape index (κ3) is 5.41. The minimum absolute atomic E-state index is 0.345. The molecule has 2 aromatic carbocycles. The normalized spacial score (nSPS) is 10.5. The van der Waals surface area contributed by atoms with Crippen molar-refractivity contribution in [3.05, 3.63) is 81.7 Å². The van der Waals surface area contributed by atoms with Gasteiger partial charge in [0.25, 0.3) is 0 Å². The predicted octanol–water partition coefficient (Wildman–Crippen LogP) is 6.03. The monoisotopic (exact) mass is 435 g/mol. The molecule has 0 atom stereocenters. The number of nitrogens with one attached hydrogen (secondary N) is 1. The van der Waals surface area contributed by atoms with E-state index < -0.39 is 0 Å². The van der Waals surface area contributed by atoms with Crippen LogP contribution in [0, 0.1) is 0 Å². The van der Waals surface area contributed by atoms with Crippen LogP contribution in [-0.2, 0) is 13.2 Å². The molecule has 0 fully saturated rings. The van der Waals surface area contributed by atoms with E-state index in [-0.39, 0.29) is 0 Å². The van der Waals surface area contributed by atoms with Gasteiger partial charge >= 0.3 is 0 Å². The molecule has 0 saturated carbocycles. The Kier molecular flexibility index (Phi) is 7.20. The van der Waals surface area contributed by atoms with E-state index >= 15 is 0 Å². The second-order valence-electron chi connectivity index (χ2n) is 5.89. The fraction of sp³-hybridized carbons (Fsp3) is 0.190. The van der Waals surface area contributed by atoms with Crippen molar-refractivity contribution in [3.8, 4) is 11.5 Å². The summed E-state index contributed by atoms with van der Waals surface area (Å²) in [7, 11) is 0. The minimum atomic E-state index is 0.345. The van der Waals surface area contributed by atoms with E-state index in [4.69, 9.17) is 49.3 Å². The van der Waals surface area contributed by atoms with Gasteiger partial charge in [-0.05, 0) is 55.0 Å². The summed E-state index contributed by atoms with van der Waals surface area (Å²) in [6.45, 7) is 3.30. The van der Waals surface area contributed by atoms with Gasteiger partial charge in [0.15, 0.2) is 11.5 Å². The van der Waals surface area contributed by atoms with Crippen LogP contribution in [0.1, 0.15) is 23.8 Å². The summed E-state index contributed by atoms with van der Waals surface area (Å²) >= 11 is 17.5. The molecule has 146 valence electrons. The first-order valence-corrected chi connectivity index (χ1v) is 9.87. The van der Waals surface area contributed by atoms with Gasteiger partial charge in [0.2, 0.25) is 0 Å². The molecule has 0 aliphatic carbocycles. The van der Waals surface area contributed by atoms with Crippen LogP contribution < -0.4 is 14.8 Å². The Morgan fingerprint density at radius 3 is 2.61 bits per heavy atom. The lowest BCUT2D eigenvalue weighted by molar-refractivity contribution is 0.269. The first-order valence-electron chi connectivity index (χ1n) is 8.71. The predicted molar refractivity (Wildman–Crippen MR) is 116 cm³/mol. The van der Waals surface area contributed by atoms with Crippen molar-refractivity contribution in [1.29, 1.82) is 0 Å². The molecular weight excluding hydrogens is 417 g/mol. The van der Waals surface area contributed by atoms with Gasteiger partial charge in [-0.15, -0.1) is 0 Å². The van der Waals surface area contributed by atoms with Crippen LogP contribution in [0.3, 0.4) is 0 Å². The van der Waals surface area contributed by atoms with Crippen LogP contribution >= 0.6 is 35.4 Å². The van der Waals surface area contributed by atoms with Crippen LogP contribution in [-0.4, -0.2) is 11.6 Å². The standard InChI is InChI=1S/C21H19Cl2NO3S/c1-2-25-20-11-15(21(28)24-12-16-4-3-9-26-16)6-8-19(20)27-13-14-5-7-17(22)18(23)10-14/h3-11H,2,12-13H2,1H3,(H,24,28). The third-order valence-electron chi connectivity index (χ3n) is 3.89. The maximum absolute atomic E-state index is 6.06. The summed E-state index contributed by atoms with van der Waals surface area (Å²) in [6.07, 6.45) is 1.63. The number of hydrogen-bond acceptors (Lipinski definition) is 4. The van der Waals surface area contributed by atoms with Gasteiger partial charge in [0.05, 0.1) is 29.5 Å².